The number of rotatable bonds is 8. The van der Waals surface area contributed by atoms with E-state index in [1.165, 1.54) is 12.1 Å². The fourth-order valence-electron chi connectivity index (χ4n) is 2.52. The van der Waals surface area contributed by atoms with Crippen molar-refractivity contribution < 1.29 is 18.6 Å². The molecule has 0 heterocycles. The monoisotopic (exact) mass is 503 g/mol. The molecule has 6 nitrogen and oxygen atoms in total. The summed E-state index contributed by atoms with van der Waals surface area (Å²) >= 11 is 0. The van der Waals surface area contributed by atoms with Crippen LogP contribution in [0.3, 0.4) is 0 Å². The quantitative estimate of drug-likeness (QED) is 0.328. The molecule has 1 atom stereocenters. The molecule has 2 aromatic rings. The van der Waals surface area contributed by atoms with E-state index < -0.39 is 0 Å². The van der Waals surface area contributed by atoms with Gasteiger partial charge in [-0.3, -0.25) is 4.99 Å². The summed E-state index contributed by atoms with van der Waals surface area (Å²) in [6, 6.07) is 11.7. The summed E-state index contributed by atoms with van der Waals surface area (Å²) in [5, 5.41) is 6.44. The zero-order valence-electron chi connectivity index (χ0n) is 16.5. The summed E-state index contributed by atoms with van der Waals surface area (Å²) in [6.07, 6.45) is -0.125. The first-order valence-electron chi connectivity index (χ1n) is 8.64. The molecule has 0 fully saturated rings. The van der Waals surface area contributed by atoms with E-state index in [-0.39, 0.29) is 35.9 Å². The Hall–Kier alpha value is -2.23. The molecule has 28 heavy (non-hydrogen) atoms. The number of guanidine groups is 1. The third kappa shape index (κ3) is 7.06. The minimum Gasteiger partial charge on any atom is -0.493 e. The molecule has 154 valence electrons. The van der Waals surface area contributed by atoms with Gasteiger partial charge in [0.1, 0.15) is 17.7 Å². The Labute approximate surface area is 182 Å². The minimum absolute atomic E-state index is 0. The maximum absolute atomic E-state index is 12.9. The normalized spacial score (nSPS) is 11.8. The number of halogens is 2. The number of methoxy groups -OCH3 is 2. The fourth-order valence-corrected chi connectivity index (χ4v) is 2.52. The van der Waals surface area contributed by atoms with Crippen molar-refractivity contribution in [3.63, 3.8) is 0 Å². The topological polar surface area (TPSA) is 64.1 Å². The molecule has 1 unspecified atom stereocenters. The first-order valence-corrected chi connectivity index (χ1v) is 8.64. The SMILES string of the molecule is CN=C(NCc1cccc(OC)c1OC)NCC(C)Oc1ccc(F)cc1.I. The molecule has 2 aromatic carbocycles. The molecule has 0 aliphatic rings. The predicted molar refractivity (Wildman–Crippen MR) is 120 cm³/mol. The van der Waals surface area contributed by atoms with E-state index in [0.717, 1.165) is 5.56 Å². The number of para-hydroxylation sites is 1. The average molecular weight is 503 g/mol. The van der Waals surface area contributed by atoms with Gasteiger partial charge in [0, 0.05) is 19.2 Å². The Bertz CT molecular complexity index is 757. The van der Waals surface area contributed by atoms with Gasteiger partial charge in [0.2, 0.25) is 0 Å². The van der Waals surface area contributed by atoms with Gasteiger partial charge < -0.3 is 24.8 Å². The van der Waals surface area contributed by atoms with E-state index in [2.05, 4.69) is 15.6 Å². The number of ether oxygens (including phenoxy) is 3. The molecule has 0 spiro atoms. The van der Waals surface area contributed by atoms with Crippen LogP contribution >= 0.6 is 24.0 Å². The Morgan fingerprint density at radius 2 is 1.79 bits per heavy atom. The van der Waals surface area contributed by atoms with E-state index in [4.69, 9.17) is 14.2 Å². The lowest BCUT2D eigenvalue weighted by atomic mass is 10.2. The van der Waals surface area contributed by atoms with Crippen LogP contribution in [0.4, 0.5) is 4.39 Å². The fraction of sp³-hybridized carbons (Fsp3) is 0.350. The molecule has 2 rings (SSSR count). The number of hydrogen-bond acceptors (Lipinski definition) is 4. The molecule has 0 aliphatic carbocycles. The number of hydrogen-bond donors (Lipinski definition) is 2. The first-order chi connectivity index (χ1) is 13.1. The van der Waals surface area contributed by atoms with E-state index in [0.29, 0.717) is 36.3 Å². The van der Waals surface area contributed by atoms with Crippen LogP contribution in [0.5, 0.6) is 17.2 Å². The van der Waals surface area contributed by atoms with Crippen LogP contribution in [-0.4, -0.2) is 39.9 Å². The van der Waals surface area contributed by atoms with Gasteiger partial charge in [-0.15, -0.1) is 24.0 Å². The van der Waals surface area contributed by atoms with Crippen LogP contribution in [-0.2, 0) is 6.54 Å². The summed E-state index contributed by atoms with van der Waals surface area (Å²) < 4.78 is 29.4. The van der Waals surface area contributed by atoms with Gasteiger partial charge >= 0.3 is 0 Å². The Morgan fingerprint density at radius 3 is 2.39 bits per heavy atom. The summed E-state index contributed by atoms with van der Waals surface area (Å²) in [7, 11) is 4.92. The van der Waals surface area contributed by atoms with E-state index in [1.807, 2.05) is 25.1 Å². The largest absolute Gasteiger partial charge is 0.493 e. The second-order valence-corrected chi connectivity index (χ2v) is 5.84. The van der Waals surface area contributed by atoms with Crippen molar-refractivity contribution in [3.8, 4) is 17.2 Å². The predicted octanol–water partition coefficient (Wildman–Crippen LogP) is 3.59. The van der Waals surface area contributed by atoms with Crippen LogP contribution in [0.25, 0.3) is 0 Å². The molecular weight excluding hydrogens is 476 g/mol. The highest BCUT2D eigenvalue weighted by Crippen LogP contribution is 2.30. The highest BCUT2D eigenvalue weighted by atomic mass is 127. The van der Waals surface area contributed by atoms with Crippen molar-refractivity contribution in [2.75, 3.05) is 27.8 Å². The maximum atomic E-state index is 12.9. The Morgan fingerprint density at radius 1 is 1.07 bits per heavy atom. The molecule has 0 saturated heterocycles. The van der Waals surface area contributed by atoms with Gasteiger partial charge in [0.25, 0.3) is 0 Å². The molecule has 0 aromatic heterocycles. The standard InChI is InChI=1S/C20H26FN3O3.HI/c1-14(27-17-10-8-16(21)9-11-17)12-23-20(22-2)24-13-15-6-5-7-18(25-3)19(15)26-4;/h5-11,14H,12-13H2,1-4H3,(H2,22,23,24);1H. The maximum Gasteiger partial charge on any atom is 0.191 e. The Balaban J connectivity index is 0.00000392. The van der Waals surface area contributed by atoms with E-state index >= 15 is 0 Å². The second-order valence-electron chi connectivity index (χ2n) is 5.84. The molecular formula is C20H27FIN3O3. The van der Waals surface area contributed by atoms with Gasteiger partial charge in [-0.1, -0.05) is 12.1 Å². The van der Waals surface area contributed by atoms with Gasteiger partial charge in [-0.2, -0.15) is 0 Å². The third-order valence-corrected chi connectivity index (χ3v) is 3.86. The number of aliphatic imine (C=N–C) groups is 1. The Kier molecular flexibility index (Phi) is 10.4. The van der Waals surface area contributed by atoms with Crippen LogP contribution < -0.4 is 24.8 Å². The van der Waals surface area contributed by atoms with Crippen molar-refractivity contribution in [3.05, 3.63) is 53.8 Å². The number of nitrogens with one attached hydrogen (secondary N) is 2. The lowest BCUT2D eigenvalue weighted by Gasteiger charge is -2.18. The highest BCUT2D eigenvalue weighted by Gasteiger charge is 2.10. The summed E-state index contributed by atoms with van der Waals surface area (Å²) in [5.74, 6) is 2.34. The molecule has 0 bridgehead atoms. The average Bonchev–Trinajstić information content (AvgIpc) is 2.69. The van der Waals surface area contributed by atoms with Crippen LogP contribution in [0.1, 0.15) is 12.5 Å². The van der Waals surface area contributed by atoms with Crippen LogP contribution in [0.2, 0.25) is 0 Å². The lowest BCUT2D eigenvalue weighted by Crippen LogP contribution is -2.41. The summed E-state index contributed by atoms with van der Waals surface area (Å²) in [4.78, 5) is 4.21. The van der Waals surface area contributed by atoms with Crippen molar-refractivity contribution in [1.82, 2.24) is 10.6 Å². The molecule has 0 radical (unpaired) electrons. The smallest absolute Gasteiger partial charge is 0.191 e. The van der Waals surface area contributed by atoms with Crippen molar-refractivity contribution in [2.24, 2.45) is 4.99 Å². The number of nitrogens with zero attached hydrogens (tertiary/aromatic N) is 1. The van der Waals surface area contributed by atoms with Gasteiger partial charge in [-0.05, 0) is 37.3 Å². The van der Waals surface area contributed by atoms with Crippen LogP contribution in [0, 0.1) is 5.82 Å². The zero-order chi connectivity index (χ0) is 19.6. The third-order valence-electron chi connectivity index (χ3n) is 3.86. The highest BCUT2D eigenvalue weighted by molar-refractivity contribution is 14.0. The first kappa shape index (κ1) is 23.8. The van der Waals surface area contributed by atoms with Crippen molar-refractivity contribution >= 4 is 29.9 Å². The molecule has 8 heteroatoms. The van der Waals surface area contributed by atoms with Crippen molar-refractivity contribution in [2.45, 2.75) is 19.6 Å². The van der Waals surface area contributed by atoms with Crippen molar-refractivity contribution in [1.29, 1.82) is 0 Å². The molecule has 0 saturated carbocycles. The minimum atomic E-state index is -0.286. The summed E-state index contributed by atoms with van der Waals surface area (Å²) in [5.41, 5.74) is 0.954. The van der Waals surface area contributed by atoms with E-state index in [9.17, 15) is 4.39 Å². The number of benzene rings is 2. The zero-order valence-corrected chi connectivity index (χ0v) is 18.8. The van der Waals surface area contributed by atoms with Gasteiger partial charge in [0.05, 0.1) is 20.8 Å². The van der Waals surface area contributed by atoms with Gasteiger partial charge in [-0.25, -0.2) is 4.39 Å². The lowest BCUT2D eigenvalue weighted by molar-refractivity contribution is 0.223. The second kappa shape index (κ2) is 12.3. The molecule has 2 N–H and O–H groups in total. The summed E-state index contributed by atoms with van der Waals surface area (Å²) in [6.45, 7) is 2.98. The molecule has 0 aliphatic heterocycles. The van der Waals surface area contributed by atoms with Gasteiger partial charge in [0.15, 0.2) is 17.5 Å². The van der Waals surface area contributed by atoms with Crippen LogP contribution in [0.15, 0.2) is 47.5 Å². The van der Waals surface area contributed by atoms with E-state index in [1.54, 1.807) is 33.4 Å². The molecule has 0 amide bonds.